The van der Waals surface area contributed by atoms with Crippen molar-refractivity contribution in [2.45, 2.75) is 38.8 Å². The fourth-order valence-corrected chi connectivity index (χ4v) is 2.25. The lowest BCUT2D eigenvalue weighted by Gasteiger charge is -2.09. The van der Waals surface area contributed by atoms with E-state index < -0.39 is 15.9 Å². The van der Waals surface area contributed by atoms with Crippen molar-refractivity contribution >= 4 is 15.6 Å². The Bertz CT molecular complexity index is 534. The van der Waals surface area contributed by atoms with Crippen molar-refractivity contribution in [1.29, 1.82) is 0 Å². The molecule has 1 rings (SSSR count). The van der Waals surface area contributed by atoms with Gasteiger partial charge in [-0.25, -0.2) is 8.42 Å². The molecule has 0 aromatic carbocycles. The third-order valence-corrected chi connectivity index (χ3v) is 3.74. The maximum Gasteiger partial charge on any atom is 0.155 e. The van der Waals surface area contributed by atoms with Gasteiger partial charge in [0.1, 0.15) is 9.84 Å². The molecule has 0 fully saturated rings. The number of hydrogen-bond acceptors (Lipinski definition) is 5. The molecule has 1 unspecified atom stereocenters. The molecule has 1 heterocycles. The van der Waals surface area contributed by atoms with Crippen LogP contribution in [0, 0.1) is 0 Å². The van der Waals surface area contributed by atoms with Crippen LogP contribution >= 0.6 is 0 Å². The molecule has 0 bridgehead atoms. The molecule has 0 aliphatic carbocycles. The summed E-state index contributed by atoms with van der Waals surface area (Å²) >= 11 is 0. The number of carbonyl (C=O) groups excluding carboxylic acids is 1. The summed E-state index contributed by atoms with van der Waals surface area (Å²) in [5.74, 6) is -0.252. The Morgan fingerprint density at radius 1 is 1.47 bits per heavy atom. The Labute approximate surface area is 113 Å². The van der Waals surface area contributed by atoms with Crippen molar-refractivity contribution in [3.05, 3.63) is 18.0 Å². The zero-order valence-corrected chi connectivity index (χ0v) is 12.4. The van der Waals surface area contributed by atoms with Gasteiger partial charge in [0.2, 0.25) is 0 Å². The standard InChI is InChI=1S/C12H21N3O3S/c1-9(2)15-6-4-10(14-15)8-12(16)11(13)5-7-19(3,17)18/h4,6,9,11H,5,7-8,13H2,1-3H3. The van der Waals surface area contributed by atoms with E-state index in [9.17, 15) is 13.2 Å². The summed E-state index contributed by atoms with van der Waals surface area (Å²) in [6.45, 7) is 3.99. The fourth-order valence-electron chi connectivity index (χ4n) is 1.57. The van der Waals surface area contributed by atoms with Crippen LogP contribution in [-0.2, 0) is 21.1 Å². The van der Waals surface area contributed by atoms with Gasteiger partial charge >= 0.3 is 0 Å². The minimum Gasteiger partial charge on any atom is -0.321 e. The van der Waals surface area contributed by atoms with Crippen molar-refractivity contribution in [3.8, 4) is 0 Å². The van der Waals surface area contributed by atoms with Gasteiger partial charge in [0.25, 0.3) is 0 Å². The van der Waals surface area contributed by atoms with E-state index in [1.54, 1.807) is 10.7 Å². The number of rotatable bonds is 7. The van der Waals surface area contributed by atoms with Crippen molar-refractivity contribution in [2.75, 3.05) is 12.0 Å². The number of hydrogen-bond donors (Lipinski definition) is 1. The van der Waals surface area contributed by atoms with Crippen molar-refractivity contribution < 1.29 is 13.2 Å². The van der Waals surface area contributed by atoms with Gasteiger partial charge in [0, 0.05) is 18.5 Å². The quantitative estimate of drug-likeness (QED) is 0.780. The normalized spacial score (nSPS) is 13.7. The molecule has 19 heavy (non-hydrogen) atoms. The third kappa shape index (κ3) is 5.52. The lowest BCUT2D eigenvalue weighted by atomic mass is 10.1. The molecule has 0 aliphatic rings. The molecule has 108 valence electrons. The van der Waals surface area contributed by atoms with Crippen LogP contribution < -0.4 is 5.73 Å². The summed E-state index contributed by atoms with van der Waals surface area (Å²) in [5.41, 5.74) is 6.35. The van der Waals surface area contributed by atoms with E-state index in [2.05, 4.69) is 5.10 Å². The Balaban J connectivity index is 2.53. The zero-order valence-electron chi connectivity index (χ0n) is 11.5. The minimum atomic E-state index is -3.08. The summed E-state index contributed by atoms with van der Waals surface area (Å²) in [5, 5.41) is 4.26. The molecule has 0 amide bonds. The first-order valence-corrected chi connectivity index (χ1v) is 8.25. The Morgan fingerprint density at radius 2 is 2.11 bits per heavy atom. The predicted molar refractivity (Wildman–Crippen MR) is 73.6 cm³/mol. The molecule has 6 nitrogen and oxygen atoms in total. The van der Waals surface area contributed by atoms with Crippen LogP contribution in [0.1, 0.15) is 32.0 Å². The Hall–Kier alpha value is -1.21. The Morgan fingerprint density at radius 3 is 2.58 bits per heavy atom. The summed E-state index contributed by atoms with van der Waals surface area (Å²) < 4.78 is 23.8. The van der Waals surface area contributed by atoms with E-state index in [4.69, 9.17) is 5.73 Å². The lowest BCUT2D eigenvalue weighted by Crippen LogP contribution is -2.33. The van der Waals surface area contributed by atoms with Gasteiger partial charge in [-0.15, -0.1) is 0 Å². The highest BCUT2D eigenvalue weighted by Gasteiger charge is 2.17. The van der Waals surface area contributed by atoms with Crippen LogP contribution in [0.5, 0.6) is 0 Å². The molecule has 1 aromatic rings. The molecule has 0 saturated carbocycles. The van der Waals surface area contributed by atoms with E-state index in [0.29, 0.717) is 5.69 Å². The summed E-state index contributed by atoms with van der Waals surface area (Å²) in [6.07, 6.45) is 3.25. The largest absolute Gasteiger partial charge is 0.321 e. The average Bonchev–Trinajstić information content (AvgIpc) is 2.73. The maximum atomic E-state index is 11.8. The number of sulfone groups is 1. The van der Waals surface area contributed by atoms with E-state index in [-0.39, 0.29) is 30.4 Å². The number of carbonyl (C=O) groups is 1. The monoisotopic (exact) mass is 287 g/mol. The first-order chi connectivity index (χ1) is 8.69. The van der Waals surface area contributed by atoms with Crippen LogP contribution in [0.3, 0.4) is 0 Å². The molecular formula is C12H21N3O3S. The summed E-state index contributed by atoms with van der Waals surface area (Å²) in [4.78, 5) is 11.8. The van der Waals surface area contributed by atoms with Crippen LogP contribution in [0.15, 0.2) is 12.3 Å². The topological polar surface area (TPSA) is 95.0 Å². The fraction of sp³-hybridized carbons (Fsp3) is 0.667. The van der Waals surface area contributed by atoms with Gasteiger partial charge in [0.15, 0.2) is 5.78 Å². The summed E-state index contributed by atoms with van der Waals surface area (Å²) in [6, 6.07) is 1.27. The van der Waals surface area contributed by atoms with Crippen molar-refractivity contribution in [2.24, 2.45) is 5.73 Å². The highest BCUT2D eigenvalue weighted by atomic mass is 32.2. The smallest absolute Gasteiger partial charge is 0.155 e. The van der Waals surface area contributed by atoms with Crippen LogP contribution in [0.2, 0.25) is 0 Å². The first kappa shape index (κ1) is 15.8. The molecule has 2 N–H and O–H groups in total. The SMILES string of the molecule is CC(C)n1ccc(CC(=O)C(N)CCS(C)(=O)=O)n1. The van der Waals surface area contributed by atoms with E-state index >= 15 is 0 Å². The second-order valence-corrected chi connectivity index (χ2v) is 7.31. The molecule has 7 heteroatoms. The second kappa shape index (κ2) is 6.29. The van der Waals surface area contributed by atoms with Gasteiger partial charge in [-0.3, -0.25) is 9.48 Å². The number of aromatic nitrogens is 2. The van der Waals surface area contributed by atoms with E-state index in [1.165, 1.54) is 0 Å². The highest BCUT2D eigenvalue weighted by Crippen LogP contribution is 2.06. The molecule has 0 radical (unpaired) electrons. The number of nitrogens with zero attached hydrogens (tertiary/aromatic N) is 2. The molecular weight excluding hydrogens is 266 g/mol. The third-order valence-electron chi connectivity index (χ3n) is 2.76. The van der Waals surface area contributed by atoms with Crippen molar-refractivity contribution in [1.82, 2.24) is 9.78 Å². The second-order valence-electron chi connectivity index (χ2n) is 5.05. The molecule has 0 spiro atoms. The van der Waals surface area contributed by atoms with E-state index in [0.717, 1.165) is 6.26 Å². The molecule has 0 saturated heterocycles. The summed E-state index contributed by atoms with van der Waals surface area (Å²) in [7, 11) is -3.08. The number of ketones is 1. The highest BCUT2D eigenvalue weighted by molar-refractivity contribution is 7.90. The molecule has 1 atom stereocenters. The van der Waals surface area contributed by atoms with E-state index in [1.807, 2.05) is 20.0 Å². The predicted octanol–water partition coefficient (Wildman–Crippen LogP) is 0.338. The zero-order chi connectivity index (χ0) is 14.6. The molecule has 0 aliphatic heterocycles. The minimum absolute atomic E-state index is 0.0691. The average molecular weight is 287 g/mol. The van der Waals surface area contributed by atoms with Gasteiger partial charge in [-0.05, 0) is 26.3 Å². The number of nitrogens with two attached hydrogens (primary N) is 1. The van der Waals surface area contributed by atoms with Crippen LogP contribution in [0.25, 0.3) is 0 Å². The molecule has 1 aromatic heterocycles. The first-order valence-electron chi connectivity index (χ1n) is 6.19. The maximum absolute atomic E-state index is 11.8. The van der Waals surface area contributed by atoms with Gasteiger partial charge in [-0.1, -0.05) is 0 Å². The van der Waals surface area contributed by atoms with Crippen LogP contribution in [0.4, 0.5) is 0 Å². The lowest BCUT2D eigenvalue weighted by molar-refractivity contribution is -0.119. The van der Waals surface area contributed by atoms with Crippen LogP contribution in [-0.4, -0.2) is 42.0 Å². The Kier molecular flexibility index (Phi) is 5.25. The van der Waals surface area contributed by atoms with Gasteiger partial charge in [-0.2, -0.15) is 5.10 Å². The van der Waals surface area contributed by atoms with Gasteiger partial charge in [0.05, 0.1) is 23.9 Å². The van der Waals surface area contributed by atoms with Gasteiger partial charge < -0.3 is 5.73 Å². The number of Topliss-reactive ketones (excluding diaryl/α,β-unsaturated/α-hetero) is 1. The van der Waals surface area contributed by atoms with Crippen molar-refractivity contribution in [3.63, 3.8) is 0 Å².